The zero-order valence-electron chi connectivity index (χ0n) is 16.1. The van der Waals surface area contributed by atoms with Crippen molar-refractivity contribution in [2.24, 2.45) is 0 Å². The first-order valence-corrected chi connectivity index (χ1v) is 9.58. The molecule has 2 amide bonds. The van der Waals surface area contributed by atoms with Crippen molar-refractivity contribution in [2.45, 2.75) is 45.3 Å². The number of nitrogens with one attached hydrogen (secondary N) is 1. The number of benzene rings is 1. The zero-order chi connectivity index (χ0) is 19.2. The molecule has 0 spiro atoms. The van der Waals surface area contributed by atoms with Gasteiger partial charge in [-0.05, 0) is 51.0 Å². The molecule has 146 valence electrons. The van der Waals surface area contributed by atoms with E-state index >= 15 is 0 Å². The van der Waals surface area contributed by atoms with Gasteiger partial charge in [0.15, 0.2) is 0 Å². The number of carbonyl (C=O) groups excluding carboxylic acids is 2. The molecule has 2 aliphatic heterocycles. The van der Waals surface area contributed by atoms with Crippen LogP contribution in [0, 0.1) is 0 Å². The SMILES string of the molecule is CC(C)=CCO[C@H]1CCOC[C@H]1NC(=O)c1ccc(N2CCCC2=O)cc1. The summed E-state index contributed by atoms with van der Waals surface area (Å²) in [6.45, 7) is 6.44. The molecular weight excluding hydrogens is 344 g/mol. The number of rotatable bonds is 6. The normalized spacial score (nSPS) is 22.6. The van der Waals surface area contributed by atoms with E-state index in [9.17, 15) is 9.59 Å². The van der Waals surface area contributed by atoms with E-state index in [1.165, 1.54) is 5.57 Å². The van der Waals surface area contributed by atoms with Gasteiger partial charge in [-0.3, -0.25) is 9.59 Å². The van der Waals surface area contributed by atoms with Crippen LogP contribution < -0.4 is 10.2 Å². The van der Waals surface area contributed by atoms with Gasteiger partial charge in [-0.1, -0.05) is 11.6 Å². The van der Waals surface area contributed by atoms with Gasteiger partial charge in [-0.25, -0.2) is 0 Å². The summed E-state index contributed by atoms with van der Waals surface area (Å²) < 4.78 is 11.4. The molecule has 0 bridgehead atoms. The lowest BCUT2D eigenvalue weighted by molar-refractivity contribution is -0.117. The minimum absolute atomic E-state index is 0.0557. The first kappa shape index (κ1) is 19.6. The molecule has 2 heterocycles. The second-order valence-electron chi connectivity index (χ2n) is 7.29. The van der Waals surface area contributed by atoms with E-state index in [4.69, 9.17) is 9.47 Å². The van der Waals surface area contributed by atoms with Crippen LogP contribution in [0.2, 0.25) is 0 Å². The third-order valence-electron chi connectivity index (χ3n) is 4.93. The Hall–Kier alpha value is -2.18. The molecule has 1 aromatic rings. The highest BCUT2D eigenvalue weighted by Crippen LogP contribution is 2.22. The summed E-state index contributed by atoms with van der Waals surface area (Å²) in [5, 5.41) is 3.03. The molecular formula is C21H28N2O4. The van der Waals surface area contributed by atoms with E-state index in [0.29, 0.717) is 31.8 Å². The van der Waals surface area contributed by atoms with Crippen LogP contribution in [-0.2, 0) is 14.3 Å². The maximum atomic E-state index is 12.6. The van der Waals surface area contributed by atoms with Gasteiger partial charge in [-0.2, -0.15) is 0 Å². The number of hydrogen-bond donors (Lipinski definition) is 1. The van der Waals surface area contributed by atoms with Crippen molar-refractivity contribution in [3.63, 3.8) is 0 Å². The van der Waals surface area contributed by atoms with Crippen molar-refractivity contribution in [2.75, 3.05) is 31.3 Å². The van der Waals surface area contributed by atoms with Crippen LogP contribution in [0.3, 0.4) is 0 Å². The molecule has 0 radical (unpaired) electrons. The summed E-state index contributed by atoms with van der Waals surface area (Å²) in [6.07, 6.45) is 4.22. The Morgan fingerprint density at radius 3 is 2.78 bits per heavy atom. The molecule has 6 nitrogen and oxygen atoms in total. The summed E-state index contributed by atoms with van der Waals surface area (Å²) in [6, 6.07) is 7.02. The van der Waals surface area contributed by atoms with Crippen LogP contribution in [0.4, 0.5) is 5.69 Å². The maximum Gasteiger partial charge on any atom is 0.251 e. The molecule has 1 aromatic carbocycles. The second kappa shape index (κ2) is 9.15. The Kier molecular flexibility index (Phi) is 6.63. The van der Waals surface area contributed by atoms with Crippen molar-refractivity contribution in [3.8, 4) is 0 Å². The third-order valence-corrected chi connectivity index (χ3v) is 4.93. The lowest BCUT2D eigenvalue weighted by atomic mass is 10.1. The number of ether oxygens (including phenoxy) is 2. The number of anilines is 1. The van der Waals surface area contributed by atoms with Gasteiger partial charge in [0.1, 0.15) is 0 Å². The van der Waals surface area contributed by atoms with E-state index in [2.05, 4.69) is 5.32 Å². The molecule has 0 unspecified atom stereocenters. The molecule has 2 atom stereocenters. The van der Waals surface area contributed by atoms with Gasteiger partial charge >= 0.3 is 0 Å². The molecule has 0 aliphatic carbocycles. The van der Waals surface area contributed by atoms with Crippen molar-refractivity contribution in [1.82, 2.24) is 5.32 Å². The molecule has 3 rings (SSSR count). The largest absolute Gasteiger partial charge is 0.379 e. The average Bonchev–Trinajstić information content (AvgIpc) is 3.09. The summed E-state index contributed by atoms with van der Waals surface area (Å²) in [7, 11) is 0. The van der Waals surface area contributed by atoms with Crippen molar-refractivity contribution in [3.05, 3.63) is 41.5 Å². The fourth-order valence-corrected chi connectivity index (χ4v) is 3.36. The van der Waals surface area contributed by atoms with Crippen LogP contribution >= 0.6 is 0 Å². The van der Waals surface area contributed by atoms with Crippen LogP contribution in [0.5, 0.6) is 0 Å². The van der Waals surface area contributed by atoms with Crippen LogP contribution in [0.15, 0.2) is 35.9 Å². The highest BCUT2D eigenvalue weighted by atomic mass is 16.5. The standard InChI is InChI=1S/C21H28N2O4/c1-15(2)9-13-27-19-10-12-26-14-18(19)22-21(25)16-5-7-17(8-6-16)23-11-3-4-20(23)24/h5-9,18-19H,3-4,10-14H2,1-2H3,(H,22,25)/t18-,19+/m1/s1. The van der Waals surface area contributed by atoms with Crippen LogP contribution in [0.1, 0.15) is 43.5 Å². The highest BCUT2D eigenvalue weighted by molar-refractivity contribution is 5.97. The Bertz CT molecular complexity index is 695. The number of carbonyl (C=O) groups is 2. The fourth-order valence-electron chi connectivity index (χ4n) is 3.36. The molecule has 27 heavy (non-hydrogen) atoms. The molecule has 2 saturated heterocycles. The molecule has 0 aromatic heterocycles. The second-order valence-corrected chi connectivity index (χ2v) is 7.29. The number of allylic oxidation sites excluding steroid dienone is 1. The summed E-state index contributed by atoms with van der Waals surface area (Å²) in [4.78, 5) is 26.2. The Morgan fingerprint density at radius 2 is 2.11 bits per heavy atom. The predicted molar refractivity (Wildman–Crippen MR) is 104 cm³/mol. The predicted octanol–water partition coefficient (Wildman–Crippen LogP) is 2.68. The minimum atomic E-state index is -0.170. The molecule has 6 heteroatoms. The topological polar surface area (TPSA) is 67.9 Å². The van der Waals surface area contributed by atoms with E-state index in [1.54, 1.807) is 17.0 Å². The van der Waals surface area contributed by atoms with Gasteiger partial charge in [0, 0.05) is 30.8 Å². The Balaban J connectivity index is 1.59. The number of hydrogen-bond acceptors (Lipinski definition) is 4. The number of nitrogens with zero attached hydrogens (tertiary/aromatic N) is 1. The van der Waals surface area contributed by atoms with Crippen molar-refractivity contribution in [1.29, 1.82) is 0 Å². The molecule has 0 saturated carbocycles. The fraction of sp³-hybridized carbons (Fsp3) is 0.524. The molecule has 2 aliphatic rings. The number of amides is 2. The van der Waals surface area contributed by atoms with Gasteiger partial charge in [0.2, 0.25) is 5.91 Å². The molecule has 1 N–H and O–H groups in total. The van der Waals surface area contributed by atoms with Crippen LogP contribution in [0.25, 0.3) is 0 Å². The van der Waals surface area contributed by atoms with Crippen molar-refractivity contribution < 1.29 is 19.1 Å². The van der Waals surface area contributed by atoms with Gasteiger partial charge in [-0.15, -0.1) is 0 Å². The highest BCUT2D eigenvalue weighted by Gasteiger charge is 2.28. The Labute approximate surface area is 160 Å². The quantitative estimate of drug-likeness (QED) is 0.780. The summed E-state index contributed by atoms with van der Waals surface area (Å²) >= 11 is 0. The smallest absolute Gasteiger partial charge is 0.251 e. The van der Waals surface area contributed by atoms with Gasteiger partial charge < -0.3 is 19.7 Å². The van der Waals surface area contributed by atoms with E-state index in [1.807, 2.05) is 32.1 Å². The first-order valence-electron chi connectivity index (χ1n) is 9.58. The molecule has 2 fully saturated rings. The lowest BCUT2D eigenvalue weighted by Crippen LogP contribution is -2.50. The van der Waals surface area contributed by atoms with E-state index in [0.717, 1.165) is 25.1 Å². The zero-order valence-corrected chi connectivity index (χ0v) is 16.1. The van der Waals surface area contributed by atoms with Gasteiger partial charge in [0.05, 0.1) is 25.4 Å². The van der Waals surface area contributed by atoms with Gasteiger partial charge in [0.25, 0.3) is 5.91 Å². The lowest BCUT2D eigenvalue weighted by Gasteiger charge is -2.32. The minimum Gasteiger partial charge on any atom is -0.379 e. The maximum absolute atomic E-state index is 12.6. The first-order chi connectivity index (χ1) is 13.0. The van der Waals surface area contributed by atoms with Crippen LogP contribution in [-0.4, -0.2) is 50.3 Å². The average molecular weight is 372 g/mol. The Morgan fingerprint density at radius 1 is 1.33 bits per heavy atom. The van der Waals surface area contributed by atoms with E-state index in [-0.39, 0.29) is 24.0 Å². The van der Waals surface area contributed by atoms with Crippen molar-refractivity contribution >= 4 is 17.5 Å². The summed E-state index contributed by atoms with van der Waals surface area (Å²) in [5.74, 6) is -0.0106. The van der Waals surface area contributed by atoms with E-state index < -0.39 is 0 Å². The third kappa shape index (κ3) is 5.17. The summed E-state index contributed by atoms with van der Waals surface area (Å²) in [5.41, 5.74) is 2.62. The monoisotopic (exact) mass is 372 g/mol.